The number of anilines is 1. The number of carbonyl (C=O) groups excluding carboxylic acids is 1. The Balaban J connectivity index is 1.61. The first-order valence-corrected chi connectivity index (χ1v) is 9.64. The van der Waals surface area contributed by atoms with Gasteiger partial charge in [0.25, 0.3) is 5.91 Å². The summed E-state index contributed by atoms with van der Waals surface area (Å²) in [6.07, 6.45) is 0.876. The lowest BCUT2D eigenvalue weighted by molar-refractivity contribution is 0.103. The molecule has 0 bridgehead atoms. The molecule has 2 aromatic heterocycles. The van der Waals surface area contributed by atoms with Crippen LogP contribution in [0, 0.1) is 5.92 Å². The van der Waals surface area contributed by atoms with Crippen molar-refractivity contribution in [2.24, 2.45) is 5.92 Å². The van der Waals surface area contributed by atoms with Crippen LogP contribution in [0.25, 0.3) is 21.8 Å². The maximum absolute atomic E-state index is 12.6. The number of imidazole rings is 1. The fourth-order valence-electron chi connectivity index (χ4n) is 3.06. The number of nitrogens with zero attached hydrogens (tertiary/aromatic N) is 1. The van der Waals surface area contributed by atoms with Gasteiger partial charge in [-0.05, 0) is 41.6 Å². The number of rotatable bonds is 4. The third kappa shape index (κ3) is 3.61. The van der Waals surface area contributed by atoms with Crippen LogP contribution in [0.5, 0.6) is 0 Å². The quantitative estimate of drug-likeness (QED) is 0.546. The molecule has 5 nitrogen and oxygen atoms in total. The molecule has 0 aliphatic heterocycles. The molecule has 4 aromatic rings. The molecule has 0 aliphatic rings. The number of amides is 1. The zero-order valence-corrected chi connectivity index (χ0v) is 15.9. The molecule has 27 heavy (non-hydrogen) atoms. The summed E-state index contributed by atoms with van der Waals surface area (Å²) in [4.78, 5) is 33.1. The van der Waals surface area contributed by atoms with Crippen molar-refractivity contribution in [2.75, 3.05) is 5.32 Å². The van der Waals surface area contributed by atoms with Gasteiger partial charge >= 0.3 is 0 Å². The highest BCUT2D eigenvalue weighted by molar-refractivity contribution is 7.12. The van der Waals surface area contributed by atoms with Gasteiger partial charge in [0.05, 0.1) is 15.9 Å². The number of aromatic amines is 1. The van der Waals surface area contributed by atoms with E-state index >= 15 is 0 Å². The van der Waals surface area contributed by atoms with Crippen molar-refractivity contribution in [1.82, 2.24) is 9.97 Å². The molecule has 4 rings (SSSR count). The van der Waals surface area contributed by atoms with Crippen LogP contribution in [0.3, 0.4) is 0 Å². The van der Waals surface area contributed by atoms with E-state index in [4.69, 9.17) is 0 Å². The first kappa shape index (κ1) is 17.4. The third-order valence-electron chi connectivity index (χ3n) is 4.28. The topological polar surface area (TPSA) is 74.8 Å². The van der Waals surface area contributed by atoms with E-state index in [-0.39, 0.29) is 10.6 Å². The lowest BCUT2D eigenvalue weighted by Crippen LogP contribution is -2.12. The molecule has 0 fully saturated rings. The van der Waals surface area contributed by atoms with Crippen LogP contribution in [0.1, 0.15) is 29.3 Å². The minimum Gasteiger partial charge on any atom is -0.342 e. The molecule has 6 heteroatoms. The summed E-state index contributed by atoms with van der Waals surface area (Å²) in [5, 5.41) is 4.28. The molecule has 136 valence electrons. The average Bonchev–Trinajstić information content (AvgIpc) is 3.02. The van der Waals surface area contributed by atoms with E-state index in [0.717, 1.165) is 40.0 Å². The monoisotopic (exact) mass is 377 g/mol. The predicted octanol–water partition coefficient (Wildman–Crippen LogP) is 4.59. The maximum Gasteiger partial charge on any atom is 0.265 e. The van der Waals surface area contributed by atoms with Crippen molar-refractivity contribution in [1.29, 1.82) is 0 Å². The molecule has 0 radical (unpaired) electrons. The van der Waals surface area contributed by atoms with Crippen LogP contribution in [0.2, 0.25) is 0 Å². The lowest BCUT2D eigenvalue weighted by Gasteiger charge is -2.05. The van der Waals surface area contributed by atoms with Crippen LogP contribution in [-0.2, 0) is 6.42 Å². The van der Waals surface area contributed by atoms with Crippen molar-refractivity contribution in [3.8, 4) is 0 Å². The van der Waals surface area contributed by atoms with E-state index in [1.165, 1.54) is 0 Å². The van der Waals surface area contributed by atoms with E-state index in [0.29, 0.717) is 21.9 Å². The summed E-state index contributed by atoms with van der Waals surface area (Å²) in [5.41, 5.74) is 2.43. The second kappa shape index (κ2) is 6.96. The van der Waals surface area contributed by atoms with Crippen molar-refractivity contribution in [3.63, 3.8) is 0 Å². The summed E-state index contributed by atoms with van der Waals surface area (Å²) < 4.78 is -0.111. The molecule has 2 heterocycles. The van der Waals surface area contributed by atoms with Gasteiger partial charge in [-0.15, -0.1) is 0 Å². The minimum atomic E-state index is -0.288. The number of carbonyl (C=O) groups is 1. The van der Waals surface area contributed by atoms with E-state index in [1.807, 2.05) is 36.4 Å². The molecule has 2 N–H and O–H groups in total. The van der Waals surface area contributed by atoms with Gasteiger partial charge in [-0.1, -0.05) is 43.4 Å². The molecular formula is C21H19N3O2S. The lowest BCUT2D eigenvalue weighted by atomic mass is 10.1. The van der Waals surface area contributed by atoms with E-state index in [9.17, 15) is 9.59 Å². The Labute approximate surface area is 160 Å². The zero-order chi connectivity index (χ0) is 19.0. The fourth-order valence-corrected chi connectivity index (χ4v) is 3.89. The van der Waals surface area contributed by atoms with Crippen molar-refractivity contribution in [3.05, 3.63) is 68.8 Å². The second-order valence-electron chi connectivity index (χ2n) is 6.95. The molecule has 0 saturated carbocycles. The van der Waals surface area contributed by atoms with Crippen LogP contribution < -0.4 is 10.1 Å². The van der Waals surface area contributed by atoms with Gasteiger partial charge in [0.1, 0.15) is 5.82 Å². The van der Waals surface area contributed by atoms with E-state index in [2.05, 4.69) is 29.1 Å². The molecule has 0 spiro atoms. The van der Waals surface area contributed by atoms with Gasteiger partial charge in [0.15, 0.2) is 0 Å². The molecular weight excluding hydrogens is 358 g/mol. The molecule has 0 unspecified atom stereocenters. The number of hydrogen-bond donors (Lipinski definition) is 2. The number of H-pyrrole nitrogens is 1. The van der Waals surface area contributed by atoms with Gasteiger partial charge in [-0.2, -0.15) is 0 Å². The Morgan fingerprint density at radius 2 is 2.00 bits per heavy atom. The largest absolute Gasteiger partial charge is 0.342 e. The first-order chi connectivity index (χ1) is 13.0. The Bertz CT molecular complexity index is 1210. The van der Waals surface area contributed by atoms with Crippen LogP contribution in [-0.4, -0.2) is 15.9 Å². The number of hydrogen-bond acceptors (Lipinski definition) is 4. The first-order valence-electron chi connectivity index (χ1n) is 8.82. The number of aromatic nitrogens is 2. The normalized spacial score (nSPS) is 11.4. The van der Waals surface area contributed by atoms with Crippen LogP contribution in [0.4, 0.5) is 5.69 Å². The molecule has 1 amide bonds. The summed E-state index contributed by atoms with van der Waals surface area (Å²) in [6, 6.07) is 14.6. The zero-order valence-electron chi connectivity index (χ0n) is 15.1. The van der Waals surface area contributed by atoms with E-state index < -0.39 is 0 Å². The summed E-state index contributed by atoms with van der Waals surface area (Å²) in [5.74, 6) is 1.17. The Morgan fingerprint density at radius 1 is 1.19 bits per heavy atom. The van der Waals surface area contributed by atoms with Crippen LogP contribution >= 0.6 is 11.3 Å². The minimum absolute atomic E-state index is 0.111. The van der Waals surface area contributed by atoms with Crippen LogP contribution in [0.15, 0.2) is 53.3 Å². The third-order valence-corrected chi connectivity index (χ3v) is 5.21. The second-order valence-corrected chi connectivity index (χ2v) is 7.97. The van der Waals surface area contributed by atoms with Gasteiger partial charge in [0.2, 0.25) is 4.74 Å². The fraction of sp³-hybridized carbons (Fsp3) is 0.190. The van der Waals surface area contributed by atoms with Gasteiger partial charge < -0.3 is 10.3 Å². The number of benzene rings is 2. The smallest absolute Gasteiger partial charge is 0.265 e. The standard InChI is InChI=1S/C21H19N3O2S/c1-12(2)9-19-23-16-8-7-14(11-17(16)24-19)22-20(25)18-10-13-5-3-4-6-15(13)21(26)27-18/h3-8,10-12H,9H2,1-2H3,(H,22,25)(H,23,24). The Morgan fingerprint density at radius 3 is 2.81 bits per heavy atom. The van der Waals surface area contributed by atoms with Gasteiger partial charge in [-0.3, -0.25) is 9.59 Å². The van der Waals surface area contributed by atoms with Gasteiger partial charge in [0, 0.05) is 17.5 Å². The highest BCUT2D eigenvalue weighted by Gasteiger charge is 2.12. The average molecular weight is 377 g/mol. The summed E-state index contributed by atoms with van der Waals surface area (Å²) in [6.45, 7) is 4.29. The highest BCUT2D eigenvalue weighted by atomic mass is 32.1. The summed E-state index contributed by atoms with van der Waals surface area (Å²) >= 11 is 0.961. The van der Waals surface area contributed by atoms with Crippen molar-refractivity contribution in [2.45, 2.75) is 20.3 Å². The Kier molecular flexibility index (Phi) is 4.49. The van der Waals surface area contributed by atoms with Crippen molar-refractivity contribution >= 4 is 44.7 Å². The SMILES string of the molecule is CC(C)Cc1nc2ccc(NC(=O)c3cc4ccccc4c(=O)s3)cc2[nH]1. The molecule has 0 aliphatic carbocycles. The highest BCUT2D eigenvalue weighted by Crippen LogP contribution is 2.21. The summed E-state index contributed by atoms with van der Waals surface area (Å²) in [7, 11) is 0. The predicted molar refractivity (Wildman–Crippen MR) is 111 cm³/mol. The maximum atomic E-state index is 12.6. The molecule has 0 saturated heterocycles. The molecule has 2 aromatic carbocycles. The van der Waals surface area contributed by atoms with E-state index in [1.54, 1.807) is 12.1 Å². The number of nitrogens with one attached hydrogen (secondary N) is 2. The molecule has 0 atom stereocenters. The van der Waals surface area contributed by atoms with Crippen molar-refractivity contribution < 1.29 is 4.79 Å². The van der Waals surface area contributed by atoms with Gasteiger partial charge in [-0.25, -0.2) is 4.98 Å². The number of fused-ring (bicyclic) bond motifs is 2. The Hall–Kier alpha value is -2.99.